The van der Waals surface area contributed by atoms with E-state index in [4.69, 9.17) is 5.84 Å². The molecule has 0 saturated carbocycles. The van der Waals surface area contributed by atoms with Crippen LogP contribution in [0, 0.1) is 5.82 Å². The normalized spacial score (nSPS) is 13.3. The van der Waals surface area contributed by atoms with Crippen LogP contribution in [0.2, 0.25) is 0 Å². The Hall–Kier alpha value is -0.970. The van der Waals surface area contributed by atoms with E-state index in [-0.39, 0.29) is 11.9 Å². The fraction of sp³-hybridized carbons (Fsp3) is 0.273. The van der Waals surface area contributed by atoms with Crippen LogP contribution in [0.15, 0.2) is 24.3 Å². The molecule has 0 bridgehead atoms. The van der Waals surface area contributed by atoms with Gasteiger partial charge in [-0.05, 0) is 30.0 Å². The Morgan fingerprint density at radius 1 is 1.47 bits per heavy atom. The molecule has 0 radical (unpaired) electrons. The third kappa shape index (κ3) is 2.02. The lowest BCUT2D eigenvalue weighted by Crippen LogP contribution is -2.26. The summed E-state index contributed by atoms with van der Waals surface area (Å²) in [5.74, 6) is 5.26. The van der Waals surface area contributed by atoms with Gasteiger partial charge in [0.15, 0.2) is 0 Å². The number of thiophene rings is 1. The molecule has 1 heterocycles. The van der Waals surface area contributed by atoms with E-state index in [1.165, 1.54) is 6.07 Å². The summed E-state index contributed by atoms with van der Waals surface area (Å²) in [5, 5.41) is 1.07. The lowest BCUT2D eigenvalue weighted by atomic mass is 10.2. The van der Waals surface area contributed by atoms with E-state index in [9.17, 15) is 4.39 Å². The lowest BCUT2D eigenvalue weighted by Gasteiger charge is -2.09. The fourth-order valence-electron chi connectivity index (χ4n) is 1.60. The van der Waals surface area contributed by atoms with Gasteiger partial charge in [0.25, 0.3) is 0 Å². The van der Waals surface area contributed by atoms with Crippen molar-refractivity contribution in [1.82, 2.24) is 5.43 Å². The van der Waals surface area contributed by atoms with Gasteiger partial charge in [-0.1, -0.05) is 13.0 Å². The molecule has 0 spiro atoms. The third-order valence-corrected chi connectivity index (χ3v) is 3.67. The van der Waals surface area contributed by atoms with Crippen molar-refractivity contribution in [3.63, 3.8) is 0 Å². The summed E-state index contributed by atoms with van der Waals surface area (Å²) in [7, 11) is 0. The highest BCUT2D eigenvalue weighted by Gasteiger charge is 2.10. The summed E-state index contributed by atoms with van der Waals surface area (Å²) >= 11 is 1.59. The molecule has 1 aromatic carbocycles. The summed E-state index contributed by atoms with van der Waals surface area (Å²) in [5.41, 5.74) is 2.76. The van der Waals surface area contributed by atoms with Crippen LogP contribution in [0.5, 0.6) is 0 Å². The molecule has 1 unspecified atom stereocenters. The van der Waals surface area contributed by atoms with Crippen LogP contribution in [0.1, 0.15) is 24.3 Å². The smallest absolute Gasteiger partial charge is 0.124 e. The number of rotatable bonds is 3. The molecule has 0 aliphatic carbocycles. The second-order valence-electron chi connectivity index (χ2n) is 3.46. The van der Waals surface area contributed by atoms with Gasteiger partial charge in [-0.2, -0.15) is 0 Å². The molecule has 15 heavy (non-hydrogen) atoms. The van der Waals surface area contributed by atoms with Gasteiger partial charge in [0.2, 0.25) is 0 Å². The SMILES string of the molecule is CCC(NN)c1cc2ccc(F)cc2s1. The Bertz CT molecular complexity index is 463. The predicted molar refractivity (Wildman–Crippen MR) is 62.1 cm³/mol. The van der Waals surface area contributed by atoms with E-state index in [1.807, 2.05) is 0 Å². The van der Waals surface area contributed by atoms with Gasteiger partial charge in [0.05, 0.1) is 6.04 Å². The summed E-state index contributed by atoms with van der Waals surface area (Å²) in [6, 6.07) is 7.06. The first-order valence-corrected chi connectivity index (χ1v) is 5.71. The van der Waals surface area contributed by atoms with Gasteiger partial charge in [-0.15, -0.1) is 11.3 Å². The van der Waals surface area contributed by atoms with Gasteiger partial charge >= 0.3 is 0 Å². The molecule has 1 aromatic heterocycles. The molecular formula is C11H13FN2S. The molecule has 0 saturated heterocycles. The van der Waals surface area contributed by atoms with E-state index in [0.717, 1.165) is 21.4 Å². The molecule has 0 fully saturated rings. The van der Waals surface area contributed by atoms with Crippen molar-refractivity contribution < 1.29 is 4.39 Å². The van der Waals surface area contributed by atoms with Gasteiger partial charge < -0.3 is 0 Å². The Kier molecular flexibility index (Phi) is 3.00. The quantitative estimate of drug-likeness (QED) is 0.621. The van der Waals surface area contributed by atoms with Crippen LogP contribution in [-0.4, -0.2) is 0 Å². The first kappa shape index (κ1) is 10.5. The van der Waals surface area contributed by atoms with Crippen molar-refractivity contribution in [1.29, 1.82) is 0 Å². The zero-order chi connectivity index (χ0) is 10.8. The van der Waals surface area contributed by atoms with E-state index in [0.29, 0.717) is 0 Å². The Morgan fingerprint density at radius 3 is 2.93 bits per heavy atom. The minimum atomic E-state index is -0.190. The molecule has 0 amide bonds. The number of nitrogens with one attached hydrogen (secondary N) is 1. The lowest BCUT2D eigenvalue weighted by molar-refractivity contribution is 0.548. The van der Waals surface area contributed by atoms with Crippen molar-refractivity contribution >= 4 is 21.4 Å². The number of benzene rings is 1. The number of hydrazine groups is 1. The number of halogens is 1. The second kappa shape index (κ2) is 4.26. The summed E-state index contributed by atoms with van der Waals surface area (Å²) in [6.45, 7) is 2.06. The zero-order valence-corrected chi connectivity index (χ0v) is 9.27. The predicted octanol–water partition coefficient (Wildman–Crippen LogP) is 2.95. The molecule has 4 heteroatoms. The highest BCUT2D eigenvalue weighted by atomic mass is 32.1. The molecule has 2 rings (SSSR count). The molecule has 2 aromatic rings. The van der Waals surface area contributed by atoms with Crippen molar-refractivity contribution in [2.75, 3.05) is 0 Å². The maximum Gasteiger partial charge on any atom is 0.124 e. The van der Waals surface area contributed by atoms with Gasteiger partial charge in [-0.3, -0.25) is 11.3 Å². The summed E-state index contributed by atoms with van der Waals surface area (Å²) in [4.78, 5) is 1.15. The second-order valence-corrected chi connectivity index (χ2v) is 4.57. The standard InChI is InChI=1S/C11H13FN2S/c1-2-9(14-13)11-5-7-3-4-8(12)6-10(7)15-11/h3-6,9,14H,2,13H2,1H3. The highest BCUT2D eigenvalue weighted by molar-refractivity contribution is 7.19. The average Bonchev–Trinajstić information content (AvgIpc) is 2.62. The molecule has 0 aliphatic rings. The Balaban J connectivity index is 2.46. The van der Waals surface area contributed by atoms with Gasteiger partial charge in [0.1, 0.15) is 5.82 Å². The van der Waals surface area contributed by atoms with Crippen molar-refractivity contribution in [3.8, 4) is 0 Å². The van der Waals surface area contributed by atoms with Gasteiger partial charge in [-0.25, -0.2) is 4.39 Å². The van der Waals surface area contributed by atoms with Crippen LogP contribution in [0.25, 0.3) is 10.1 Å². The molecular weight excluding hydrogens is 211 g/mol. The number of hydrogen-bond acceptors (Lipinski definition) is 3. The maximum atomic E-state index is 13.0. The largest absolute Gasteiger partial charge is 0.271 e. The van der Waals surface area contributed by atoms with Crippen molar-refractivity contribution in [2.24, 2.45) is 5.84 Å². The van der Waals surface area contributed by atoms with Crippen LogP contribution in [0.3, 0.4) is 0 Å². The van der Waals surface area contributed by atoms with Crippen LogP contribution in [0.4, 0.5) is 4.39 Å². The molecule has 80 valence electrons. The van der Waals surface area contributed by atoms with E-state index in [1.54, 1.807) is 23.5 Å². The zero-order valence-electron chi connectivity index (χ0n) is 8.46. The van der Waals surface area contributed by atoms with E-state index >= 15 is 0 Å². The Morgan fingerprint density at radius 2 is 2.27 bits per heavy atom. The minimum Gasteiger partial charge on any atom is -0.271 e. The van der Waals surface area contributed by atoms with Crippen LogP contribution >= 0.6 is 11.3 Å². The monoisotopic (exact) mass is 224 g/mol. The third-order valence-electron chi connectivity index (χ3n) is 2.45. The topological polar surface area (TPSA) is 38.0 Å². The fourth-order valence-corrected chi connectivity index (χ4v) is 2.83. The number of fused-ring (bicyclic) bond motifs is 1. The van der Waals surface area contributed by atoms with Crippen molar-refractivity contribution in [2.45, 2.75) is 19.4 Å². The summed E-state index contributed by atoms with van der Waals surface area (Å²) < 4.78 is 13.9. The molecule has 1 atom stereocenters. The van der Waals surface area contributed by atoms with Crippen LogP contribution in [-0.2, 0) is 0 Å². The van der Waals surface area contributed by atoms with E-state index in [2.05, 4.69) is 18.4 Å². The summed E-state index contributed by atoms with van der Waals surface area (Å²) in [6.07, 6.45) is 0.922. The maximum absolute atomic E-state index is 13.0. The first-order valence-electron chi connectivity index (χ1n) is 4.89. The number of nitrogens with two attached hydrogens (primary N) is 1. The van der Waals surface area contributed by atoms with E-state index < -0.39 is 0 Å². The minimum absolute atomic E-state index is 0.158. The average molecular weight is 224 g/mol. The molecule has 3 N–H and O–H groups in total. The number of hydrogen-bond donors (Lipinski definition) is 2. The van der Waals surface area contributed by atoms with Crippen molar-refractivity contribution in [3.05, 3.63) is 35.0 Å². The van der Waals surface area contributed by atoms with Crippen LogP contribution < -0.4 is 11.3 Å². The highest BCUT2D eigenvalue weighted by Crippen LogP contribution is 2.31. The molecule has 2 nitrogen and oxygen atoms in total. The first-order chi connectivity index (χ1) is 7.24. The van der Waals surface area contributed by atoms with Gasteiger partial charge in [0, 0.05) is 9.58 Å². The Labute approximate surface area is 91.9 Å². The molecule has 0 aliphatic heterocycles.